The summed E-state index contributed by atoms with van der Waals surface area (Å²) in [5.41, 5.74) is 0.720. The van der Waals surface area contributed by atoms with Crippen molar-refractivity contribution in [1.82, 2.24) is 5.32 Å². The topological polar surface area (TPSA) is 12.0 Å². The molecule has 2 aliphatic rings. The molecule has 1 heterocycles. The number of hydrogen-bond acceptors (Lipinski definition) is 1. The van der Waals surface area contributed by atoms with Gasteiger partial charge in [-0.1, -0.05) is 13.3 Å². The number of hydrogen-bond donors (Lipinski definition) is 1. The van der Waals surface area contributed by atoms with Gasteiger partial charge in [0, 0.05) is 6.04 Å². The zero-order valence-electron chi connectivity index (χ0n) is 7.53. The molecule has 2 unspecified atom stereocenters. The molecule has 1 saturated heterocycles. The Morgan fingerprint density at radius 2 is 2.18 bits per heavy atom. The first kappa shape index (κ1) is 7.60. The van der Waals surface area contributed by atoms with E-state index in [4.69, 9.17) is 0 Å². The maximum Gasteiger partial charge on any atom is 0.0123 e. The molecule has 0 bridgehead atoms. The lowest BCUT2D eigenvalue weighted by Crippen LogP contribution is -2.45. The second kappa shape index (κ2) is 2.78. The van der Waals surface area contributed by atoms with E-state index < -0.39 is 0 Å². The highest BCUT2D eigenvalue weighted by molar-refractivity contribution is 4.98. The van der Waals surface area contributed by atoms with E-state index >= 15 is 0 Å². The fourth-order valence-corrected chi connectivity index (χ4v) is 3.07. The average molecular weight is 153 g/mol. The Morgan fingerprint density at radius 3 is 2.91 bits per heavy atom. The molecule has 2 atom stereocenters. The van der Waals surface area contributed by atoms with Crippen LogP contribution in [0.4, 0.5) is 0 Å². The highest BCUT2D eigenvalue weighted by Gasteiger charge is 2.42. The van der Waals surface area contributed by atoms with E-state index in [1.807, 2.05) is 0 Å². The molecule has 2 fully saturated rings. The van der Waals surface area contributed by atoms with Gasteiger partial charge in [-0.3, -0.25) is 0 Å². The van der Waals surface area contributed by atoms with Crippen molar-refractivity contribution >= 4 is 0 Å². The van der Waals surface area contributed by atoms with Gasteiger partial charge in [-0.2, -0.15) is 0 Å². The second-order valence-corrected chi connectivity index (χ2v) is 4.22. The van der Waals surface area contributed by atoms with Crippen LogP contribution in [-0.4, -0.2) is 12.6 Å². The number of piperidine rings is 1. The molecule has 1 aliphatic heterocycles. The van der Waals surface area contributed by atoms with Crippen LogP contribution in [0.25, 0.3) is 0 Å². The summed E-state index contributed by atoms with van der Waals surface area (Å²) < 4.78 is 0. The van der Waals surface area contributed by atoms with Crippen LogP contribution in [0.2, 0.25) is 0 Å². The Labute approximate surface area is 69.6 Å². The largest absolute Gasteiger partial charge is 0.313 e. The quantitative estimate of drug-likeness (QED) is 0.609. The van der Waals surface area contributed by atoms with Crippen molar-refractivity contribution in [3.05, 3.63) is 0 Å². The van der Waals surface area contributed by atoms with Gasteiger partial charge in [0.05, 0.1) is 0 Å². The standard InChI is InChI=1S/C10H19N/c1-2-10-6-3-5-9(10)11-8-4-7-10/h9,11H,2-8H2,1H3. The van der Waals surface area contributed by atoms with Crippen molar-refractivity contribution < 1.29 is 0 Å². The number of nitrogens with one attached hydrogen (secondary N) is 1. The lowest BCUT2D eigenvalue weighted by Gasteiger charge is -2.39. The molecule has 0 aromatic rings. The first-order chi connectivity index (χ1) is 5.37. The molecule has 64 valence electrons. The van der Waals surface area contributed by atoms with E-state index in [0.29, 0.717) is 0 Å². The molecule has 1 nitrogen and oxygen atoms in total. The van der Waals surface area contributed by atoms with Crippen molar-refractivity contribution in [3.63, 3.8) is 0 Å². The minimum atomic E-state index is 0.720. The normalized spacial score (nSPS) is 43.9. The number of rotatable bonds is 1. The molecular weight excluding hydrogens is 134 g/mol. The third-order valence-electron chi connectivity index (χ3n) is 3.85. The molecule has 0 aromatic carbocycles. The molecule has 1 N–H and O–H groups in total. The Kier molecular flexibility index (Phi) is 1.92. The van der Waals surface area contributed by atoms with Crippen LogP contribution in [0.15, 0.2) is 0 Å². The monoisotopic (exact) mass is 153 g/mol. The van der Waals surface area contributed by atoms with E-state index in [1.54, 1.807) is 0 Å². The lowest BCUT2D eigenvalue weighted by atomic mass is 9.74. The molecule has 11 heavy (non-hydrogen) atoms. The van der Waals surface area contributed by atoms with Gasteiger partial charge in [-0.05, 0) is 44.1 Å². The average Bonchev–Trinajstić information content (AvgIpc) is 2.48. The van der Waals surface area contributed by atoms with Crippen LogP contribution >= 0.6 is 0 Å². The molecule has 1 aliphatic carbocycles. The van der Waals surface area contributed by atoms with Crippen LogP contribution in [0.1, 0.15) is 45.4 Å². The molecule has 0 radical (unpaired) electrons. The molecular formula is C10H19N. The Bertz CT molecular complexity index is 144. The van der Waals surface area contributed by atoms with Gasteiger partial charge in [-0.25, -0.2) is 0 Å². The van der Waals surface area contributed by atoms with Crippen molar-refractivity contribution in [3.8, 4) is 0 Å². The maximum absolute atomic E-state index is 3.67. The van der Waals surface area contributed by atoms with E-state index in [1.165, 1.54) is 45.1 Å². The van der Waals surface area contributed by atoms with Crippen molar-refractivity contribution in [1.29, 1.82) is 0 Å². The molecule has 0 amide bonds. The Hall–Kier alpha value is -0.0400. The molecule has 1 saturated carbocycles. The summed E-state index contributed by atoms with van der Waals surface area (Å²) in [7, 11) is 0. The van der Waals surface area contributed by atoms with Gasteiger partial charge < -0.3 is 5.32 Å². The predicted octanol–water partition coefficient (Wildman–Crippen LogP) is 2.32. The molecule has 1 heteroatoms. The van der Waals surface area contributed by atoms with E-state index in [2.05, 4.69) is 12.2 Å². The zero-order chi connectivity index (χ0) is 7.73. The summed E-state index contributed by atoms with van der Waals surface area (Å²) in [5, 5.41) is 3.67. The molecule has 0 spiro atoms. The van der Waals surface area contributed by atoms with E-state index in [-0.39, 0.29) is 0 Å². The Morgan fingerprint density at radius 1 is 1.36 bits per heavy atom. The summed E-state index contributed by atoms with van der Waals surface area (Å²) in [6.45, 7) is 3.64. The summed E-state index contributed by atoms with van der Waals surface area (Å²) >= 11 is 0. The molecule has 0 aromatic heterocycles. The van der Waals surface area contributed by atoms with E-state index in [9.17, 15) is 0 Å². The SMILES string of the molecule is CCC12CCCNC1CCC2. The van der Waals surface area contributed by atoms with Gasteiger partial charge >= 0.3 is 0 Å². The summed E-state index contributed by atoms with van der Waals surface area (Å²) in [6, 6.07) is 0.876. The third kappa shape index (κ3) is 1.10. The van der Waals surface area contributed by atoms with Crippen LogP contribution in [0.5, 0.6) is 0 Å². The van der Waals surface area contributed by atoms with Crippen molar-refractivity contribution in [2.75, 3.05) is 6.54 Å². The smallest absolute Gasteiger partial charge is 0.0123 e. The third-order valence-corrected chi connectivity index (χ3v) is 3.85. The summed E-state index contributed by atoms with van der Waals surface area (Å²) in [5.74, 6) is 0. The van der Waals surface area contributed by atoms with Gasteiger partial charge in [0.2, 0.25) is 0 Å². The highest BCUT2D eigenvalue weighted by atomic mass is 15.0. The predicted molar refractivity (Wildman–Crippen MR) is 47.6 cm³/mol. The highest BCUT2D eigenvalue weighted by Crippen LogP contribution is 2.46. The lowest BCUT2D eigenvalue weighted by molar-refractivity contribution is 0.159. The number of fused-ring (bicyclic) bond motifs is 1. The van der Waals surface area contributed by atoms with Crippen LogP contribution < -0.4 is 5.32 Å². The van der Waals surface area contributed by atoms with Crippen molar-refractivity contribution in [2.45, 2.75) is 51.5 Å². The van der Waals surface area contributed by atoms with Crippen LogP contribution in [0.3, 0.4) is 0 Å². The fraction of sp³-hybridized carbons (Fsp3) is 1.00. The minimum Gasteiger partial charge on any atom is -0.313 e. The van der Waals surface area contributed by atoms with Crippen LogP contribution in [-0.2, 0) is 0 Å². The minimum absolute atomic E-state index is 0.720. The van der Waals surface area contributed by atoms with Crippen LogP contribution in [0, 0.1) is 5.41 Å². The fourth-order valence-electron chi connectivity index (χ4n) is 3.07. The van der Waals surface area contributed by atoms with Crippen molar-refractivity contribution in [2.24, 2.45) is 5.41 Å². The second-order valence-electron chi connectivity index (χ2n) is 4.22. The first-order valence-corrected chi connectivity index (χ1v) is 5.11. The van der Waals surface area contributed by atoms with Gasteiger partial charge in [0.25, 0.3) is 0 Å². The summed E-state index contributed by atoms with van der Waals surface area (Å²) in [6.07, 6.45) is 8.68. The van der Waals surface area contributed by atoms with E-state index in [0.717, 1.165) is 11.5 Å². The van der Waals surface area contributed by atoms with Gasteiger partial charge in [-0.15, -0.1) is 0 Å². The Balaban J connectivity index is 2.12. The first-order valence-electron chi connectivity index (χ1n) is 5.11. The molecule has 2 rings (SSSR count). The van der Waals surface area contributed by atoms with Gasteiger partial charge in [0.15, 0.2) is 0 Å². The summed E-state index contributed by atoms with van der Waals surface area (Å²) in [4.78, 5) is 0. The maximum atomic E-state index is 3.67. The van der Waals surface area contributed by atoms with Gasteiger partial charge in [0.1, 0.15) is 0 Å². The zero-order valence-corrected chi connectivity index (χ0v) is 7.53.